The molecular formula is C20H30N4O4S. The third-order valence-electron chi connectivity index (χ3n) is 6.55. The SMILES string of the molecule is Cn1nc(CN(C2CCCC2)S(=O)(=O)CCN2C(=O)CCCC2=O)c2c1CCC2. The van der Waals surface area contributed by atoms with E-state index in [2.05, 4.69) is 5.10 Å². The minimum Gasteiger partial charge on any atom is -0.282 e. The van der Waals surface area contributed by atoms with Gasteiger partial charge in [-0.2, -0.15) is 9.40 Å². The van der Waals surface area contributed by atoms with Crippen molar-refractivity contribution in [2.45, 2.75) is 76.8 Å². The first-order chi connectivity index (χ1) is 13.9. The number of carbonyl (C=O) groups excluding carboxylic acids is 2. The number of hydrogen-bond acceptors (Lipinski definition) is 5. The quantitative estimate of drug-likeness (QED) is 0.621. The molecule has 29 heavy (non-hydrogen) atoms. The molecule has 1 saturated carbocycles. The van der Waals surface area contributed by atoms with E-state index in [1.54, 1.807) is 4.31 Å². The molecule has 0 atom stereocenters. The normalized spacial score (nSPS) is 20.8. The lowest BCUT2D eigenvalue weighted by molar-refractivity contribution is -0.147. The Balaban J connectivity index is 1.53. The Morgan fingerprint density at radius 2 is 1.66 bits per heavy atom. The summed E-state index contributed by atoms with van der Waals surface area (Å²) in [6, 6.07) is -0.0215. The summed E-state index contributed by atoms with van der Waals surface area (Å²) in [6.07, 6.45) is 7.99. The number of imide groups is 1. The van der Waals surface area contributed by atoms with Crippen molar-refractivity contribution in [2.24, 2.45) is 7.05 Å². The lowest BCUT2D eigenvalue weighted by atomic mass is 10.1. The zero-order valence-corrected chi connectivity index (χ0v) is 17.9. The van der Waals surface area contributed by atoms with Crippen molar-refractivity contribution in [2.75, 3.05) is 12.3 Å². The van der Waals surface area contributed by atoms with E-state index in [-0.39, 0.29) is 36.7 Å². The third kappa shape index (κ3) is 4.12. The number of nitrogens with zero attached hydrogens (tertiary/aromatic N) is 4. The van der Waals surface area contributed by atoms with Gasteiger partial charge in [0, 0.05) is 38.2 Å². The van der Waals surface area contributed by atoms with Crippen LogP contribution in [0.1, 0.15) is 68.3 Å². The molecule has 0 N–H and O–H groups in total. The van der Waals surface area contributed by atoms with Crippen LogP contribution in [0.4, 0.5) is 0 Å². The molecule has 2 amide bonds. The minimum absolute atomic E-state index is 0.0215. The Kier molecular flexibility index (Phi) is 5.79. The summed E-state index contributed by atoms with van der Waals surface area (Å²) in [6.45, 7) is 0.238. The second-order valence-corrected chi connectivity index (χ2v) is 10.5. The molecule has 160 valence electrons. The fourth-order valence-electron chi connectivity index (χ4n) is 4.99. The highest BCUT2D eigenvalue weighted by atomic mass is 32.2. The number of carbonyl (C=O) groups is 2. The first kappa shape index (κ1) is 20.5. The van der Waals surface area contributed by atoms with Crippen LogP contribution >= 0.6 is 0 Å². The molecular weight excluding hydrogens is 392 g/mol. The number of fused-ring (bicyclic) bond motifs is 1. The van der Waals surface area contributed by atoms with Crippen LogP contribution < -0.4 is 0 Å². The van der Waals surface area contributed by atoms with Gasteiger partial charge < -0.3 is 0 Å². The number of amides is 2. The van der Waals surface area contributed by atoms with Gasteiger partial charge in [0.1, 0.15) is 0 Å². The summed E-state index contributed by atoms with van der Waals surface area (Å²) in [5.41, 5.74) is 3.28. The monoisotopic (exact) mass is 422 g/mol. The standard InChI is InChI=1S/C20H30N4O4S/c1-22-18-9-4-8-16(18)17(21-22)14-24(15-6-2-3-7-15)29(27,28)13-12-23-19(25)10-5-11-20(23)26/h15H,2-14H2,1H3. The van der Waals surface area contributed by atoms with Crippen LogP contribution in [0.3, 0.4) is 0 Å². The average Bonchev–Trinajstić information content (AvgIpc) is 3.39. The van der Waals surface area contributed by atoms with Gasteiger partial charge in [-0.15, -0.1) is 0 Å². The predicted molar refractivity (Wildman–Crippen MR) is 107 cm³/mol. The summed E-state index contributed by atoms with van der Waals surface area (Å²) in [4.78, 5) is 25.2. The zero-order chi connectivity index (χ0) is 20.6. The fourth-order valence-corrected chi connectivity index (χ4v) is 6.62. The van der Waals surface area contributed by atoms with Crippen molar-refractivity contribution in [3.05, 3.63) is 17.0 Å². The Hall–Kier alpha value is -1.74. The molecule has 0 aromatic carbocycles. The molecule has 0 bridgehead atoms. The lowest BCUT2D eigenvalue weighted by Crippen LogP contribution is -2.46. The Morgan fingerprint density at radius 1 is 1.00 bits per heavy atom. The van der Waals surface area contributed by atoms with Crippen molar-refractivity contribution in [1.29, 1.82) is 0 Å². The number of piperidine rings is 1. The van der Waals surface area contributed by atoms with Gasteiger partial charge in [0.2, 0.25) is 21.8 Å². The van der Waals surface area contributed by atoms with Crippen molar-refractivity contribution in [3.63, 3.8) is 0 Å². The van der Waals surface area contributed by atoms with Crippen LogP contribution in [0.15, 0.2) is 0 Å². The summed E-state index contributed by atoms with van der Waals surface area (Å²) < 4.78 is 30.2. The molecule has 4 rings (SSSR count). The molecule has 2 heterocycles. The number of sulfonamides is 1. The van der Waals surface area contributed by atoms with E-state index >= 15 is 0 Å². The molecule has 9 heteroatoms. The number of rotatable bonds is 7. The summed E-state index contributed by atoms with van der Waals surface area (Å²) in [7, 11) is -1.69. The first-order valence-electron chi connectivity index (χ1n) is 10.7. The predicted octanol–water partition coefficient (Wildman–Crippen LogP) is 1.52. The fraction of sp³-hybridized carbons (Fsp3) is 0.750. The van der Waals surface area contributed by atoms with E-state index in [4.69, 9.17) is 0 Å². The van der Waals surface area contributed by atoms with Gasteiger partial charge in [-0.05, 0) is 44.1 Å². The molecule has 0 unspecified atom stereocenters. The third-order valence-corrected chi connectivity index (χ3v) is 8.39. The smallest absolute Gasteiger partial charge is 0.229 e. The topological polar surface area (TPSA) is 92.6 Å². The molecule has 1 aromatic rings. The lowest BCUT2D eigenvalue weighted by Gasteiger charge is -2.30. The number of aromatic nitrogens is 2. The molecule has 2 fully saturated rings. The summed E-state index contributed by atoms with van der Waals surface area (Å²) >= 11 is 0. The van der Waals surface area contributed by atoms with E-state index in [9.17, 15) is 18.0 Å². The molecule has 3 aliphatic rings. The van der Waals surface area contributed by atoms with E-state index in [1.165, 1.54) is 11.3 Å². The Labute approximate surface area is 172 Å². The van der Waals surface area contributed by atoms with Gasteiger partial charge in [0.05, 0.1) is 18.0 Å². The highest BCUT2D eigenvalue weighted by molar-refractivity contribution is 7.89. The van der Waals surface area contributed by atoms with Crippen LogP contribution in [0.2, 0.25) is 0 Å². The summed E-state index contributed by atoms with van der Waals surface area (Å²) in [5, 5.41) is 4.62. The largest absolute Gasteiger partial charge is 0.282 e. The van der Waals surface area contributed by atoms with Crippen LogP contribution in [0.5, 0.6) is 0 Å². The molecule has 0 spiro atoms. The maximum atomic E-state index is 13.3. The second kappa shape index (κ2) is 8.18. The van der Waals surface area contributed by atoms with Gasteiger partial charge in [0.25, 0.3) is 0 Å². The van der Waals surface area contributed by atoms with Crippen molar-refractivity contribution >= 4 is 21.8 Å². The Bertz CT molecular complexity index is 886. The van der Waals surface area contributed by atoms with Gasteiger partial charge in [-0.25, -0.2) is 8.42 Å². The Morgan fingerprint density at radius 3 is 2.34 bits per heavy atom. The van der Waals surface area contributed by atoms with E-state index in [0.717, 1.165) is 55.5 Å². The highest BCUT2D eigenvalue weighted by Gasteiger charge is 2.36. The van der Waals surface area contributed by atoms with E-state index in [0.29, 0.717) is 19.3 Å². The number of aryl methyl sites for hydroxylation is 1. The maximum Gasteiger partial charge on any atom is 0.229 e. The molecule has 1 aliphatic heterocycles. The molecule has 1 aromatic heterocycles. The van der Waals surface area contributed by atoms with Crippen molar-refractivity contribution < 1.29 is 18.0 Å². The van der Waals surface area contributed by atoms with E-state index in [1.807, 2.05) is 11.7 Å². The van der Waals surface area contributed by atoms with Crippen molar-refractivity contribution in [3.8, 4) is 0 Å². The number of hydrogen-bond donors (Lipinski definition) is 0. The zero-order valence-electron chi connectivity index (χ0n) is 17.1. The van der Waals surface area contributed by atoms with Crippen molar-refractivity contribution in [1.82, 2.24) is 19.0 Å². The van der Waals surface area contributed by atoms with Gasteiger partial charge >= 0.3 is 0 Å². The van der Waals surface area contributed by atoms with Gasteiger partial charge in [0.15, 0.2) is 0 Å². The average molecular weight is 423 g/mol. The first-order valence-corrected chi connectivity index (χ1v) is 12.3. The maximum absolute atomic E-state index is 13.3. The summed E-state index contributed by atoms with van der Waals surface area (Å²) in [5.74, 6) is -0.728. The van der Waals surface area contributed by atoms with E-state index < -0.39 is 10.0 Å². The molecule has 1 saturated heterocycles. The minimum atomic E-state index is -3.62. The second-order valence-electron chi connectivity index (χ2n) is 8.44. The van der Waals surface area contributed by atoms with Crippen LogP contribution in [0.25, 0.3) is 0 Å². The van der Waals surface area contributed by atoms with Gasteiger partial charge in [-0.1, -0.05) is 12.8 Å². The molecule has 0 radical (unpaired) electrons. The van der Waals surface area contributed by atoms with Gasteiger partial charge in [-0.3, -0.25) is 19.2 Å². The highest BCUT2D eigenvalue weighted by Crippen LogP contribution is 2.31. The van der Waals surface area contributed by atoms with Crippen LogP contribution in [-0.4, -0.2) is 57.6 Å². The molecule has 2 aliphatic carbocycles. The van der Waals surface area contributed by atoms with Crippen LogP contribution in [0, 0.1) is 0 Å². The number of likely N-dealkylation sites (tertiary alicyclic amines) is 1. The molecule has 8 nitrogen and oxygen atoms in total. The van der Waals surface area contributed by atoms with Crippen LogP contribution in [-0.2, 0) is 46.0 Å².